The Bertz CT molecular complexity index is 673. The van der Waals surface area contributed by atoms with Crippen molar-refractivity contribution < 1.29 is 0 Å². The molecule has 1 aliphatic rings. The molecule has 1 aliphatic heterocycles. The van der Waals surface area contributed by atoms with Crippen LogP contribution in [0.5, 0.6) is 0 Å². The van der Waals surface area contributed by atoms with Crippen molar-refractivity contribution in [2.75, 3.05) is 23.8 Å². The lowest BCUT2D eigenvalue weighted by Gasteiger charge is -2.34. The Balaban J connectivity index is 2.12. The van der Waals surface area contributed by atoms with Crippen molar-refractivity contribution in [3.05, 3.63) is 45.9 Å². The highest BCUT2D eigenvalue weighted by Crippen LogP contribution is 2.39. The molecule has 3 rings (SSSR count). The van der Waals surface area contributed by atoms with E-state index in [-0.39, 0.29) is 0 Å². The zero-order chi connectivity index (χ0) is 15.0. The second-order valence-electron chi connectivity index (χ2n) is 5.42. The van der Waals surface area contributed by atoms with Gasteiger partial charge in [0.15, 0.2) is 5.82 Å². The van der Waals surface area contributed by atoms with E-state index in [1.165, 1.54) is 11.3 Å². The topological polar surface area (TPSA) is 28.2 Å². The van der Waals surface area contributed by atoms with E-state index in [0.717, 1.165) is 18.8 Å². The van der Waals surface area contributed by atoms with Crippen LogP contribution in [0.1, 0.15) is 12.5 Å². The fraction of sp³-hybridized carbons (Fsp3) is 0.312. The Hall–Kier alpha value is -1.45. The Kier molecular flexibility index (Phi) is 3.96. The smallest absolute Gasteiger partial charge is 0.154 e. The van der Waals surface area contributed by atoms with E-state index in [9.17, 15) is 0 Å². The first-order valence-electron chi connectivity index (χ1n) is 6.99. The number of hydrogen-bond acceptors (Lipinski definition) is 3. The number of fused-ring (bicyclic) bond motifs is 1. The molecule has 0 saturated carbocycles. The first-order valence-corrected chi connectivity index (χ1v) is 7.75. The highest BCUT2D eigenvalue weighted by Gasteiger charge is 2.25. The Labute approximate surface area is 134 Å². The van der Waals surface area contributed by atoms with E-state index in [0.29, 0.717) is 21.8 Å². The van der Waals surface area contributed by atoms with Gasteiger partial charge in [0.25, 0.3) is 0 Å². The normalized spacial score (nSPS) is 17.5. The average Bonchev–Trinajstić information content (AvgIpc) is 2.46. The van der Waals surface area contributed by atoms with E-state index in [4.69, 9.17) is 23.2 Å². The predicted molar refractivity (Wildman–Crippen MR) is 90.1 cm³/mol. The molecule has 21 heavy (non-hydrogen) atoms. The minimum Gasteiger partial charge on any atom is -0.372 e. The molecule has 0 bridgehead atoms. The molecule has 2 heterocycles. The molecule has 3 nitrogen and oxygen atoms in total. The van der Waals surface area contributed by atoms with Gasteiger partial charge < -0.3 is 10.2 Å². The summed E-state index contributed by atoms with van der Waals surface area (Å²) in [6, 6.07) is 10.2. The van der Waals surface area contributed by atoms with Gasteiger partial charge in [0.2, 0.25) is 0 Å². The molecule has 0 amide bonds. The van der Waals surface area contributed by atoms with Crippen LogP contribution in [-0.4, -0.2) is 18.6 Å². The number of pyridine rings is 1. The van der Waals surface area contributed by atoms with Crippen LogP contribution in [0, 0.1) is 5.92 Å². The molecule has 0 fully saturated rings. The molecule has 1 atom stereocenters. The molecule has 0 spiro atoms. The van der Waals surface area contributed by atoms with Crippen LogP contribution >= 0.6 is 23.2 Å². The number of benzene rings is 1. The fourth-order valence-electron chi connectivity index (χ4n) is 2.82. The molecule has 1 N–H and O–H groups in total. The number of halogens is 2. The molecule has 1 aromatic heterocycles. The van der Waals surface area contributed by atoms with Gasteiger partial charge >= 0.3 is 0 Å². The number of hydrogen-bond donors (Lipinski definition) is 1. The third-order valence-electron chi connectivity index (χ3n) is 3.75. The van der Waals surface area contributed by atoms with Gasteiger partial charge in [0, 0.05) is 19.3 Å². The van der Waals surface area contributed by atoms with Crippen LogP contribution in [0.25, 0.3) is 0 Å². The van der Waals surface area contributed by atoms with Crippen LogP contribution in [0.15, 0.2) is 30.3 Å². The molecule has 5 heteroatoms. The fourth-order valence-corrected chi connectivity index (χ4v) is 3.37. The zero-order valence-corrected chi connectivity index (χ0v) is 13.5. The van der Waals surface area contributed by atoms with Crippen molar-refractivity contribution in [1.29, 1.82) is 0 Å². The zero-order valence-electron chi connectivity index (χ0n) is 12.0. The van der Waals surface area contributed by atoms with Gasteiger partial charge in [-0.15, -0.1) is 0 Å². The summed E-state index contributed by atoms with van der Waals surface area (Å²) in [6.45, 7) is 3.14. The Morgan fingerprint density at radius 3 is 2.76 bits per heavy atom. The quantitative estimate of drug-likeness (QED) is 0.864. The van der Waals surface area contributed by atoms with Gasteiger partial charge in [-0.25, -0.2) is 4.98 Å². The highest BCUT2D eigenvalue weighted by atomic mass is 35.5. The summed E-state index contributed by atoms with van der Waals surface area (Å²) in [7, 11) is 1.80. The van der Waals surface area contributed by atoms with Crippen LogP contribution in [0.4, 0.5) is 17.3 Å². The van der Waals surface area contributed by atoms with Crippen LogP contribution in [0.2, 0.25) is 10.0 Å². The number of aromatic nitrogens is 1. The predicted octanol–water partition coefficient (Wildman–Crippen LogP) is 4.76. The lowest BCUT2D eigenvalue weighted by molar-refractivity contribution is 0.560. The van der Waals surface area contributed by atoms with Crippen molar-refractivity contribution in [2.45, 2.75) is 13.3 Å². The van der Waals surface area contributed by atoms with Gasteiger partial charge in [-0.05, 0) is 30.0 Å². The van der Waals surface area contributed by atoms with E-state index < -0.39 is 0 Å². The maximum atomic E-state index is 6.39. The van der Waals surface area contributed by atoms with Gasteiger partial charge in [-0.1, -0.05) is 48.3 Å². The van der Waals surface area contributed by atoms with Crippen LogP contribution in [0.3, 0.4) is 0 Å². The summed E-state index contributed by atoms with van der Waals surface area (Å²) in [5.74, 6) is 1.95. The molecule has 0 aliphatic carbocycles. The lowest BCUT2D eigenvalue weighted by atomic mass is 9.94. The highest BCUT2D eigenvalue weighted by molar-refractivity contribution is 6.37. The number of nitrogens with one attached hydrogen (secondary N) is 1. The summed E-state index contributed by atoms with van der Waals surface area (Å²) >= 11 is 12.5. The van der Waals surface area contributed by atoms with Crippen molar-refractivity contribution in [2.24, 2.45) is 5.92 Å². The number of para-hydroxylation sites is 1. The summed E-state index contributed by atoms with van der Waals surface area (Å²) in [6.07, 6.45) is 1.08. The van der Waals surface area contributed by atoms with E-state index in [2.05, 4.69) is 40.3 Å². The number of nitrogens with zero attached hydrogens (tertiary/aromatic N) is 2. The molecular weight excluding hydrogens is 305 g/mol. The standard InChI is InChI=1S/C16H17Cl2N3/c1-10-7-11-5-3-4-6-14(11)21(9-10)16-13(18)8-12(17)15(19-2)20-16/h3-6,8,10H,7,9H2,1-2H3,(H,19,20). The first-order chi connectivity index (χ1) is 10.1. The van der Waals surface area contributed by atoms with Crippen molar-refractivity contribution in [3.8, 4) is 0 Å². The van der Waals surface area contributed by atoms with Crippen molar-refractivity contribution in [3.63, 3.8) is 0 Å². The molecule has 2 aromatic rings. The summed E-state index contributed by atoms with van der Waals surface area (Å²) < 4.78 is 0. The van der Waals surface area contributed by atoms with Crippen LogP contribution < -0.4 is 10.2 Å². The third-order valence-corrected chi connectivity index (χ3v) is 4.31. The van der Waals surface area contributed by atoms with E-state index >= 15 is 0 Å². The first kappa shape index (κ1) is 14.5. The maximum absolute atomic E-state index is 6.39. The SMILES string of the molecule is CNc1nc(N2CC(C)Cc3ccccc32)c(Cl)cc1Cl. The molecule has 1 unspecified atom stereocenters. The second-order valence-corrected chi connectivity index (χ2v) is 6.24. The summed E-state index contributed by atoms with van der Waals surface area (Å²) in [5.41, 5.74) is 2.50. The average molecular weight is 322 g/mol. The summed E-state index contributed by atoms with van der Waals surface area (Å²) in [5, 5.41) is 4.11. The minimum absolute atomic E-state index is 0.532. The molecular formula is C16H17Cl2N3. The van der Waals surface area contributed by atoms with Gasteiger partial charge in [0.1, 0.15) is 5.82 Å². The van der Waals surface area contributed by atoms with Gasteiger partial charge in [0.05, 0.1) is 10.0 Å². The molecule has 1 aromatic carbocycles. The third kappa shape index (κ3) is 2.68. The molecule has 0 saturated heterocycles. The second kappa shape index (κ2) is 5.74. The monoisotopic (exact) mass is 321 g/mol. The number of anilines is 3. The molecule has 0 radical (unpaired) electrons. The maximum Gasteiger partial charge on any atom is 0.154 e. The summed E-state index contributed by atoms with van der Waals surface area (Å²) in [4.78, 5) is 6.78. The van der Waals surface area contributed by atoms with Crippen LogP contribution in [-0.2, 0) is 6.42 Å². The lowest BCUT2D eigenvalue weighted by Crippen LogP contribution is -2.31. The largest absolute Gasteiger partial charge is 0.372 e. The van der Waals surface area contributed by atoms with Gasteiger partial charge in [-0.3, -0.25) is 0 Å². The van der Waals surface area contributed by atoms with E-state index in [1.54, 1.807) is 13.1 Å². The van der Waals surface area contributed by atoms with E-state index in [1.807, 2.05) is 6.07 Å². The Morgan fingerprint density at radius 2 is 2.00 bits per heavy atom. The molecule has 110 valence electrons. The number of rotatable bonds is 2. The van der Waals surface area contributed by atoms with Crippen molar-refractivity contribution >= 4 is 40.5 Å². The Morgan fingerprint density at radius 1 is 1.24 bits per heavy atom. The van der Waals surface area contributed by atoms with Crippen molar-refractivity contribution in [1.82, 2.24) is 4.98 Å². The van der Waals surface area contributed by atoms with Gasteiger partial charge in [-0.2, -0.15) is 0 Å². The minimum atomic E-state index is 0.532.